The van der Waals surface area contributed by atoms with E-state index in [-0.39, 0.29) is 0 Å². The van der Waals surface area contributed by atoms with Crippen molar-refractivity contribution in [1.82, 2.24) is 0 Å². The lowest BCUT2D eigenvalue weighted by molar-refractivity contribution is -0.135. The van der Waals surface area contributed by atoms with E-state index in [2.05, 4.69) is 0 Å². The summed E-state index contributed by atoms with van der Waals surface area (Å²) in [6.07, 6.45) is 6.20. The van der Waals surface area contributed by atoms with Crippen LogP contribution < -0.4 is 0 Å². The van der Waals surface area contributed by atoms with E-state index < -0.39 is 0 Å². The smallest absolute Gasteiger partial charge is 0.139 e. The maximum Gasteiger partial charge on any atom is 0.139 e. The molecule has 9 heavy (non-hydrogen) atoms. The molecule has 0 aromatic heterocycles. The van der Waals surface area contributed by atoms with Crippen LogP contribution in [0.3, 0.4) is 0 Å². The fourth-order valence-corrected chi connectivity index (χ4v) is 2.05. The van der Waals surface area contributed by atoms with Crippen LogP contribution in [0.25, 0.3) is 0 Å². The average molecular weight is 124 g/mol. The topological polar surface area (TPSA) is 17.1 Å². The Balaban J connectivity index is 2.09. The average Bonchev–Trinajstić information content (AvgIpc) is 2.17. The minimum atomic E-state index is 0.498. The van der Waals surface area contributed by atoms with Gasteiger partial charge in [0.15, 0.2) is 0 Å². The molecule has 1 heteroatoms. The van der Waals surface area contributed by atoms with Gasteiger partial charge in [0, 0.05) is 11.8 Å². The summed E-state index contributed by atoms with van der Waals surface area (Å²) in [6, 6.07) is 0. The zero-order valence-electron chi connectivity index (χ0n) is 5.60. The molecule has 3 rings (SSSR count). The van der Waals surface area contributed by atoms with Gasteiger partial charge in [0.25, 0.3) is 0 Å². The summed E-state index contributed by atoms with van der Waals surface area (Å²) >= 11 is 0. The van der Waals surface area contributed by atoms with Crippen LogP contribution in [0.5, 0.6) is 0 Å². The van der Waals surface area contributed by atoms with Crippen LogP contribution in [0.1, 0.15) is 32.1 Å². The van der Waals surface area contributed by atoms with Crippen LogP contribution in [0.2, 0.25) is 0 Å². The molecule has 2 bridgehead atoms. The number of carbonyl (C=O) groups is 1. The van der Waals surface area contributed by atoms with Gasteiger partial charge in [-0.05, 0) is 19.3 Å². The largest absolute Gasteiger partial charge is 0.299 e. The summed E-state index contributed by atoms with van der Waals surface area (Å²) in [7, 11) is 0. The van der Waals surface area contributed by atoms with Gasteiger partial charge in [-0.1, -0.05) is 12.8 Å². The van der Waals surface area contributed by atoms with Crippen molar-refractivity contribution in [3.8, 4) is 0 Å². The normalized spacial score (nSPS) is 41.6. The molecule has 0 radical (unpaired) electrons. The molecule has 0 spiro atoms. The van der Waals surface area contributed by atoms with E-state index in [0.29, 0.717) is 17.6 Å². The number of ketones is 1. The van der Waals surface area contributed by atoms with Gasteiger partial charge in [0.05, 0.1) is 0 Å². The molecule has 2 unspecified atom stereocenters. The lowest BCUT2D eigenvalue weighted by Crippen LogP contribution is -2.34. The Morgan fingerprint density at radius 1 is 1.11 bits per heavy atom. The fraction of sp³-hybridized carbons (Fsp3) is 0.875. The summed E-state index contributed by atoms with van der Waals surface area (Å²) in [5, 5.41) is 0. The zero-order valence-corrected chi connectivity index (χ0v) is 5.60. The maximum absolute atomic E-state index is 11.1. The third-order valence-electron chi connectivity index (χ3n) is 2.73. The lowest BCUT2D eigenvalue weighted by Gasteiger charge is -2.29. The minimum Gasteiger partial charge on any atom is -0.299 e. The highest BCUT2D eigenvalue weighted by Gasteiger charge is 2.39. The number of hydrogen-bond acceptors (Lipinski definition) is 1. The van der Waals surface area contributed by atoms with Gasteiger partial charge < -0.3 is 0 Å². The van der Waals surface area contributed by atoms with Gasteiger partial charge in [-0.25, -0.2) is 0 Å². The van der Waals surface area contributed by atoms with Crippen molar-refractivity contribution in [2.24, 2.45) is 11.8 Å². The first-order valence-corrected chi connectivity index (χ1v) is 3.91. The van der Waals surface area contributed by atoms with E-state index >= 15 is 0 Å². The number of fused-ring (bicyclic) bond motifs is 3. The number of rotatable bonds is 0. The second-order valence-electron chi connectivity index (χ2n) is 3.32. The number of carbonyl (C=O) groups excluding carboxylic acids is 1. The van der Waals surface area contributed by atoms with Gasteiger partial charge in [-0.15, -0.1) is 0 Å². The Hall–Kier alpha value is -0.330. The van der Waals surface area contributed by atoms with E-state index in [1.807, 2.05) is 0 Å². The molecule has 1 nitrogen and oxygen atoms in total. The first-order chi connectivity index (χ1) is 4.38. The summed E-state index contributed by atoms with van der Waals surface area (Å²) in [5.41, 5.74) is 0. The van der Waals surface area contributed by atoms with Crippen molar-refractivity contribution in [3.05, 3.63) is 0 Å². The fourth-order valence-electron chi connectivity index (χ4n) is 2.05. The van der Waals surface area contributed by atoms with Crippen LogP contribution >= 0.6 is 0 Å². The Morgan fingerprint density at radius 3 is 2.11 bits per heavy atom. The monoisotopic (exact) mass is 124 g/mol. The first-order valence-electron chi connectivity index (χ1n) is 3.91. The summed E-state index contributed by atoms with van der Waals surface area (Å²) in [4.78, 5) is 11.1. The van der Waals surface area contributed by atoms with E-state index in [4.69, 9.17) is 0 Å². The molecule has 0 aromatic rings. The Bertz CT molecular complexity index is 122. The van der Waals surface area contributed by atoms with Crippen LogP contribution in [0, 0.1) is 11.8 Å². The molecule has 0 saturated heterocycles. The molecule has 3 aliphatic carbocycles. The van der Waals surface area contributed by atoms with Gasteiger partial charge in [0.1, 0.15) is 5.78 Å². The molecular formula is C8H12O. The molecule has 0 aliphatic heterocycles. The molecular weight excluding hydrogens is 112 g/mol. The predicted octanol–water partition coefficient (Wildman–Crippen LogP) is 1.77. The SMILES string of the molecule is O=C1C2CCCCC1C2. The van der Waals surface area contributed by atoms with Crippen molar-refractivity contribution >= 4 is 5.78 Å². The maximum atomic E-state index is 11.1. The molecule has 0 amide bonds. The molecule has 0 aromatic carbocycles. The number of Topliss-reactive ketones (excluding diaryl/α,β-unsaturated/α-hetero) is 1. The van der Waals surface area contributed by atoms with Gasteiger partial charge in [-0.2, -0.15) is 0 Å². The summed E-state index contributed by atoms with van der Waals surface area (Å²) < 4.78 is 0. The first kappa shape index (κ1) is 5.45. The highest BCUT2D eigenvalue weighted by Crippen LogP contribution is 2.40. The minimum absolute atomic E-state index is 0.498. The zero-order chi connectivity index (χ0) is 6.27. The van der Waals surface area contributed by atoms with Gasteiger partial charge in [0.2, 0.25) is 0 Å². The Labute approximate surface area is 55.4 Å². The standard InChI is InChI=1S/C8H12O/c9-8-6-3-1-2-4-7(8)5-6/h6-7H,1-5H2. The number of hydrogen-bond donors (Lipinski definition) is 0. The van der Waals surface area contributed by atoms with Crippen LogP contribution in [0.15, 0.2) is 0 Å². The van der Waals surface area contributed by atoms with E-state index in [0.717, 1.165) is 0 Å². The molecule has 50 valence electrons. The summed E-state index contributed by atoms with van der Waals surface area (Å²) in [6.45, 7) is 0. The second-order valence-corrected chi connectivity index (χ2v) is 3.32. The Kier molecular flexibility index (Phi) is 1.11. The molecule has 3 aliphatic rings. The third kappa shape index (κ3) is 0.707. The second kappa shape index (κ2) is 1.83. The van der Waals surface area contributed by atoms with Crippen LogP contribution in [-0.4, -0.2) is 5.78 Å². The van der Waals surface area contributed by atoms with Crippen LogP contribution in [0.4, 0.5) is 0 Å². The molecule has 2 atom stereocenters. The van der Waals surface area contributed by atoms with E-state index in [9.17, 15) is 4.79 Å². The predicted molar refractivity (Wildman–Crippen MR) is 35.1 cm³/mol. The van der Waals surface area contributed by atoms with E-state index in [1.54, 1.807) is 0 Å². The highest BCUT2D eigenvalue weighted by molar-refractivity contribution is 5.89. The van der Waals surface area contributed by atoms with Crippen molar-refractivity contribution in [3.63, 3.8) is 0 Å². The van der Waals surface area contributed by atoms with E-state index in [1.165, 1.54) is 32.1 Å². The van der Waals surface area contributed by atoms with Crippen molar-refractivity contribution in [1.29, 1.82) is 0 Å². The third-order valence-corrected chi connectivity index (χ3v) is 2.73. The summed E-state index contributed by atoms with van der Waals surface area (Å²) in [5.74, 6) is 1.57. The lowest BCUT2D eigenvalue weighted by atomic mass is 9.73. The van der Waals surface area contributed by atoms with Gasteiger partial charge >= 0.3 is 0 Å². The van der Waals surface area contributed by atoms with Crippen molar-refractivity contribution < 1.29 is 4.79 Å². The molecule has 0 N–H and O–H groups in total. The van der Waals surface area contributed by atoms with Crippen LogP contribution in [-0.2, 0) is 4.79 Å². The molecule has 0 heterocycles. The Morgan fingerprint density at radius 2 is 1.67 bits per heavy atom. The quantitative estimate of drug-likeness (QED) is 0.481. The molecule has 3 saturated carbocycles. The highest BCUT2D eigenvalue weighted by atomic mass is 16.1. The van der Waals surface area contributed by atoms with Crippen molar-refractivity contribution in [2.75, 3.05) is 0 Å². The van der Waals surface area contributed by atoms with Crippen molar-refractivity contribution in [2.45, 2.75) is 32.1 Å². The molecule has 3 fully saturated rings. The van der Waals surface area contributed by atoms with Gasteiger partial charge in [-0.3, -0.25) is 4.79 Å².